The van der Waals surface area contributed by atoms with Crippen LogP contribution in [0.15, 0.2) is 24.8 Å². The molecule has 1 atom stereocenters. The number of benzene rings is 1. The van der Waals surface area contributed by atoms with E-state index in [1.54, 1.807) is 0 Å². The smallest absolute Gasteiger partial charge is 0.242 e. The van der Waals surface area contributed by atoms with Gasteiger partial charge in [0.05, 0.1) is 21.5 Å². The van der Waals surface area contributed by atoms with Gasteiger partial charge in [0, 0.05) is 5.02 Å². The van der Waals surface area contributed by atoms with E-state index in [-0.39, 0.29) is 21.5 Å². The average molecular weight is 357 g/mol. The van der Waals surface area contributed by atoms with Crippen LogP contribution in [0.3, 0.4) is 0 Å². The molecule has 1 amide bonds. The summed E-state index contributed by atoms with van der Waals surface area (Å²) in [6.07, 6.45) is 1.22. The SMILES string of the molecule is C=CCS(=O)(=O)C(C)C(=O)Nc1c(Cl)cc(Cl)cc1Cl. The van der Waals surface area contributed by atoms with Crippen molar-refractivity contribution in [1.82, 2.24) is 0 Å². The van der Waals surface area contributed by atoms with Crippen molar-refractivity contribution < 1.29 is 13.2 Å². The molecule has 20 heavy (non-hydrogen) atoms. The number of carbonyl (C=O) groups is 1. The number of carbonyl (C=O) groups excluding carboxylic acids is 1. The number of nitrogens with one attached hydrogen (secondary N) is 1. The molecule has 0 radical (unpaired) electrons. The minimum absolute atomic E-state index is 0.128. The summed E-state index contributed by atoms with van der Waals surface area (Å²) in [7, 11) is -3.61. The fraction of sp³-hybridized carbons (Fsp3) is 0.250. The largest absolute Gasteiger partial charge is 0.322 e. The average Bonchev–Trinajstić information content (AvgIpc) is 2.32. The molecule has 4 nitrogen and oxygen atoms in total. The first-order valence-corrected chi connectivity index (χ1v) is 8.32. The lowest BCUT2D eigenvalue weighted by Crippen LogP contribution is -2.33. The molecule has 8 heteroatoms. The Kier molecular flexibility index (Phi) is 5.89. The lowest BCUT2D eigenvalue weighted by molar-refractivity contribution is -0.115. The van der Waals surface area contributed by atoms with Gasteiger partial charge in [0.2, 0.25) is 5.91 Å². The number of hydrogen-bond donors (Lipinski definition) is 1. The first kappa shape index (κ1) is 17.3. The Morgan fingerprint density at radius 3 is 2.30 bits per heavy atom. The van der Waals surface area contributed by atoms with Crippen LogP contribution in [0.2, 0.25) is 15.1 Å². The summed E-state index contributed by atoms with van der Waals surface area (Å²) in [6, 6.07) is 2.79. The third-order valence-corrected chi connectivity index (χ3v) is 5.32. The van der Waals surface area contributed by atoms with Crippen molar-refractivity contribution in [1.29, 1.82) is 0 Å². The van der Waals surface area contributed by atoms with Gasteiger partial charge >= 0.3 is 0 Å². The van der Waals surface area contributed by atoms with E-state index >= 15 is 0 Å². The quantitative estimate of drug-likeness (QED) is 0.820. The Labute approximate surface area is 132 Å². The van der Waals surface area contributed by atoms with Crippen molar-refractivity contribution in [2.24, 2.45) is 0 Å². The van der Waals surface area contributed by atoms with E-state index in [0.717, 1.165) is 0 Å². The monoisotopic (exact) mass is 355 g/mol. The van der Waals surface area contributed by atoms with Crippen molar-refractivity contribution in [2.75, 3.05) is 11.1 Å². The normalized spacial score (nSPS) is 12.8. The van der Waals surface area contributed by atoms with Crippen LogP contribution in [0, 0.1) is 0 Å². The van der Waals surface area contributed by atoms with Crippen molar-refractivity contribution >= 4 is 56.2 Å². The molecular weight excluding hydrogens is 345 g/mol. The van der Waals surface area contributed by atoms with Crippen molar-refractivity contribution in [2.45, 2.75) is 12.2 Å². The molecule has 1 rings (SSSR count). The molecule has 0 heterocycles. The second kappa shape index (κ2) is 6.80. The summed E-state index contributed by atoms with van der Waals surface area (Å²) in [5.74, 6) is -1.01. The Balaban J connectivity index is 3.00. The summed E-state index contributed by atoms with van der Waals surface area (Å²) in [5.41, 5.74) is 0.128. The molecular formula is C12H12Cl3NO3S. The van der Waals surface area contributed by atoms with Crippen molar-refractivity contribution in [3.8, 4) is 0 Å². The predicted octanol–water partition coefficient (Wildman–Crippen LogP) is 3.57. The number of rotatable bonds is 5. The topological polar surface area (TPSA) is 63.2 Å². The predicted molar refractivity (Wildman–Crippen MR) is 83.5 cm³/mol. The van der Waals surface area contributed by atoms with Crippen LogP contribution < -0.4 is 5.32 Å². The van der Waals surface area contributed by atoms with Gasteiger partial charge in [-0.15, -0.1) is 6.58 Å². The fourth-order valence-corrected chi connectivity index (χ4v) is 3.27. The molecule has 0 saturated heterocycles. The molecule has 0 aromatic heterocycles. The minimum Gasteiger partial charge on any atom is -0.322 e. The lowest BCUT2D eigenvalue weighted by atomic mass is 10.3. The fourth-order valence-electron chi connectivity index (χ4n) is 1.36. The Morgan fingerprint density at radius 1 is 1.35 bits per heavy atom. The molecule has 0 spiro atoms. The van der Waals surface area contributed by atoms with E-state index in [0.29, 0.717) is 5.02 Å². The van der Waals surface area contributed by atoms with Gasteiger partial charge in [-0.1, -0.05) is 40.9 Å². The van der Waals surface area contributed by atoms with Gasteiger partial charge in [0.25, 0.3) is 0 Å². The van der Waals surface area contributed by atoms with Crippen LogP contribution in [-0.2, 0) is 14.6 Å². The second-order valence-electron chi connectivity index (χ2n) is 3.99. The highest BCUT2D eigenvalue weighted by atomic mass is 35.5. The summed E-state index contributed by atoms with van der Waals surface area (Å²) < 4.78 is 23.5. The zero-order valence-electron chi connectivity index (χ0n) is 10.5. The molecule has 0 fully saturated rings. The van der Waals surface area contributed by atoms with Crippen LogP contribution in [0.5, 0.6) is 0 Å². The maximum Gasteiger partial charge on any atom is 0.242 e. The summed E-state index contributed by atoms with van der Waals surface area (Å²) >= 11 is 17.6. The van der Waals surface area contributed by atoms with Gasteiger partial charge < -0.3 is 5.32 Å². The van der Waals surface area contributed by atoms with E-state index < -0.39 is 21.0 Å². The number of amides is 1. The highest BCUT2D eigenvalue weighted by Crippen LogP contribution is 2.33. The van der Waals surface area contributed by atoms with E-state index in [1.807, 2.05) is 0 Å². The zero-order valence-corrected chi connectivity index (χ0v) is 13.6. The van der Waals surface area contributed by atoms with Crippen LogP contribution in [0.4, 0.5) is 5.69 Å². The number of halogens is 3. The molecule has 0 aliphatic carbocycles. The third kappa shape index (κ3) is 4.12. The van der Waals surface area contributed by atoms with Gasteiger partial charge in [-0.05, 0) is 19.1 Å². The number of hydrogen-bond acceptors (Lipinski definition) is 3. The standard InChI is InChI=1S/C12H12Cl3NO3S/c1-3-4-20(18,19)7(2)12(17)16-11-9(14)5-8(13)6-10(11)15/h3,5-7H,1,4H2,2H3,(H,16,17). The first-order valence-electron chi connectivity index (χ1n) is 5.47. The van der Waals surface area contributed by atoms with Gasteiger partial charge in [-0.2, -0.15) is 0 Å². The van der Waals surface area contributed by atoms with E-state index in [1.165, 1.54) is 25.1 Å². The third-order valence-electron chi connectivity index (χ3n) is 2.51. The highest BCUT2D eigenvalue weighted by molar-refractivity contribution is 7.92. The Bertz CT molecular complexity index is 620. The van der Waals surface area contributed by atoms with Crippen molar-refractivity contribution in [3.05, 3.63) is 39.9 Å². The summed E-state index contributed by atoms with van der Waals surface area (Å²) in [4.78, 5) is 11.9. The molecule has 1 N–H and O–H groups in total. The van der Waals surface area contributed by atoms with Gasteiger partial charge in [-0.3, -0.25) is 4.79 Å². The Morgan fingerprint density at radius 2 is 1.85 bits per heavy atom. The van der Waals surface area contributed by atoms with Crippen molar-refractivity contribution in [3.63, 3.8) is 0 Å². The van der Waals surface area contributed by atoms with E-state index in [2.05, 4.69) is 11.9 Å². The molecule has 0 aliphatic heterocycles. The zero-order chi connectivity index (χ0) is 15.5. The summed E-state index contributed by atoms with van der Waals surface area (Å²) in [6.45, 7) is 4.63. The minimum atomic E-state index is -3.61. The molecule has 1 unspecified atom stereocenters. The van der Waals surface area contributed by atoms with Crippen LogP contribution in [0.1, 0.15) is 6.92 Å². The second-order valence-corrected chi connectivity index (χ2v) is 7.61. The van der Waals surface area contributed by atoms with E-state index in [4.69, 9.17) is 34.8 Å². The number of sulfone groups is 1. The molecule has 0 aliphatic rings. The number of anilines is 1. The molecule has 1 aromatic rings. The van der Waals surface area contributed by atoms with Gasteiger partial charge in [0.15, 0.2) is 9.84 Å². The molecule has 110 valence electrons. The highest BCUT2D eigenvalue weighted by Gasteiger charge is 2.27. The van der Waals surface area contributed by atoms with Gasteiger partial charge in [0.1, 0.15) is 5.25 Å². The maximum absolute atomic E-state index is 11.9. The van der Waals surface area contributed by atoms with Crippen LogP contribution in [-0.4, -0.2) is 25.3 Å². The molecule has 0 bridgehead atoms. The lowest BCUT2D eigenvalue weighted by Gasteiger charge is -2.14. The van der Waals surface area contributed by atoms with Crippen LogP contribution >= 0.6 is 34.8 Å². The Hall–Kier alpha value is -0.750. The van der Waals surface area contributed by atoms with Crippen LogP contribution in [0.25, 0.3) is 0 Å². The van der Waals surface area contributed by atoms with Gasteiger partial charge in [-0.25, -0.2) is 8.42 Å². The molecule has 0 saturated carbocycles. The maximum atomic E-state index is 11.9. The first-order chi connectivity index (χ1) is 9.19. The molecule has 1 aromatic carbocycles. The summed E-state index contributed by atoms with van der Waals surface area (Å²) in [5, 5.41) is 1.72. The van der Waals surface area contributed by atoms with E-state index in [9.17, 15) is 13.2 Å².